The fourth-order valence-corrected chi connectivity index (χ4v) is 2.79. The van der Waals surface area contributed by atoms with Crippen molar-refractivity contribution in [2.24, 2.45) is 5.92 Å². The summed E-state index contributed by atoms with van der Waals surface area (Å²) in [4.78, 5) is 2.74. The van der Waals surface area contributed by atoms with Crippen LogP contribution in [0.4, 0.5) is 0 Å². The average Bonchev–Trinajstić information content (AvgIpc) is 2.24. The lowest BCUT2D eigenvalue weighted by Crippen LogP contribution is -2.63. The van der Waals surface area contributed by atoms with Crippen LogP contribution in [-0.2, 0) is 0 Å². The summed E-state index contributed by atoms with van der Waals surface area (Å²) in [5.41, 5.74) is 0.276. The van der Waals surface area contributed by atoms with Crippen molar-refractivity contribution in [3.63, 3.8) is 0 Å². The lowest BCUT2D eigenvalue weighted by atomic mass is 9.94. The Labute approximate surface area is 108 Å². The topological polar surface area (TPSA) is 15.3 Å². The number of rotatable bonds is 5. The van der Waals surface area contributed by atoms with Crippen LogP contribution in [0.2, 0.25) is 0 Å². The van der Waals surface area contributed by atoms with Crippen LogP contribution < -0.4 is 5.32 Å². The summed E-state index contributed by atoms with van der Waals surface area (Å²) in [6.45, 7) is 16.3. The molecule has 0 aromatic rings. The molecule has 0 aliphatic carbocycles. The third-order valence-electron chi connectivity index (χ3n) is 4.06. The summed E-state index contributed by atoms with van der Waals surface area (Å²) in [6.07, 6.45) is 3.95. The third-order valence-corrected chi connectivity index (χ3v) is 4.06. The van der Waals surface area contributed by atoms with Gasteiger partial charge in [0.05, 0.1) is 0 Å². The summed E-state index contributed by atoms with van der Waals surface area (Å²) in [7, 11) is 0. The van der Waals surface area contributed by atoms with Gasteiger partial charge >= 0.3 is 0 Å². The van der Waals surface area contributed by atoms with Crippen LogP contribution in [0.1, 0.15) is 60.8 Å². The second kappa shape index (κ2) is 6.19. The molecule has 0 amide bonds. The number of hydrogen-bond donors (Lipinski definition) is 1. The van der Waals surface area contributed by atoms with E-state index in [1.54, 1.807) is 0 Å². The van der Waals surface area contributed by atoms with Gasteiger partial charge in [0.2, 0.25) is 0 Å². The molecule has 0 aromatic carbocycles. The minimum absolute atomic E-state index is 0.276. The fourth-order valence-electron chi connectivity index (χ4n) is 2.79. The normalized spacial score (nSPS) is 27.4. The summed E-state index contributed by atoms with van der Waals surface area (Å²) in [5.74, 6) is 0.827. The number of nitrogens with zero attached hydrogens (tertiary/aromatic N) is 1. The molecule has 1 aliphatic heterocycles. The average molecular weight is 240 g/mol. The molecular weight excluding hydrogens is 208 g/mol. The third kappa shape index (κ3) is 4.59. The summed E-state index contributed by atoms with van der Waals surface area (Å²) in [5, 5.41) is 3.67. The maximum absolute atomic E-state index is 3.67. The molecule has 1 saturated heterocycles. The smallest absolute Gasteiger partial charge is 0.0253 e. The number of piperazine rings is 1. The number of nitrogens with one attached hydrogen (secondary N) is 1. The van der Waals surface area contributed by atoms with Gasteiger partial charge in [-0.25, -0.2) is 0 Å². The van der Waals surface area contributed by atoms with Crippen molar-refractivity contribution in [3.8, 4) is 0 Å². The lowest BCUT2D eigenvalue weighted by Gasteiger charge is -2.47. The van der Waals surface area contributed by atoms with Gasteiger partial charge in [-0.2, -0.15) is 0 Å². The summed E-state index contributed by atoms with van der Waals surface area (Å²) in [6, 6.07) is 1.45. The molecule has 2 atom stereocenters. The highest BCUT2D eigenvalue weighted by molar-refractivity contribution is 4.93. The Hall–Kier alpha value is -0.0800. The van der Waals surface area contributed by atoms with E-state index in [1.807, 2.05) is 0 Å². The summed E-state index contributed by atoms with van der Waals surface area (Å²) < 4.78 is 0. The molecule has 1 aliphatic rings. The number of hydrogen-bond acceptors (Lipinski definition) is 2. The van der Waals surface area contributed by atoms with Gasteiger partial charge in [0.25, 0.3) is 0 Å². The first-order chi connectivity index (χ1) is 7.85. The quantitative estimate of drug-likeness (QED) is 0.793. The molecule has 2 heteroatoms. The second-order valence-electron chi connectivity index (χ2n) is 6.82. The molecule has 2 unspecified atom stereocenters. The Balaban J connectivity index is 2.56. The molecule has 0 bridgehead atoms. The van der Waals surface area contributed by atoms with Gasteiger partial charge in [-0.3, -0.25) is 4.90 Å². The molecular formula is C15H32N2. The van der Waals surface area contributed by atoms with E-state index in [0.29, 0.717) is 0 Å². The van der Waals surface area contributed by atoms with E-state index >= 15 is 0 Å². The van der Waals surface area contributed by atoms with E-state index in [-0.39, 0.29) is 5.54 Å². The van der Waals surface area contributed by atoms with Crippen LogP contribution in [-0.4, -0.2) is 35.6 Å². The second-order valence-corrected chi connectivity index (χ2v) is 6.82. The Morgan fingerprint density at radius 3 is 2.41 bits per heavy atom. The molecule has 0 spiro atoms. The Bertz CT molecular complexity index is 223. The molecule has 0 aromatic heterocycles. The SMILES string of the molecule is CCC1CNC(C)(C)CN1C(C)CCC(C)C. The van der Waals surface area contributed by atoms with Crippen LogP contribution in [0.25, 0.3) is 0 Å². The molecule has 17 heavy (non-hydrogen) atoms. The minimum Gasteiger partial charge on any atom is -0.309 e. The van der Waals surface area contributed by atoms with Gasteiger partial charge in [-0.05, 0) is 46.0 Å². The molecule has 1 N–H and O–H groups in total. The highest BCUT2D eigenvalue weighted by Gasteiger charge is 2.33. The zero-order valence-corrected chi connectivity index (χ0v) is 12.7. The van der Waals surface area contributed by atoms with Crippen LogP contribution in [0.3, 0.4) is 0 Å². The molecule has 102 valence electrons. The molecule has 0 radical (unpaired) electrons. The maximum atomic E-state index is 3.67. The van der Waals surface area contributed by atoms with Crippen molar-refractivity contribution in [1.82, 2.24) is 10.2 Å². The minimum atomic E-state index is 0.276. The first-order valence-corrected chi connectivity index (χ1v) is 7.36. The van der Waals surface area contributed by atoms with Crippen molar-refractivity contribution in [2.45, 2.75) is 78.4 Å². The van der Waals surface area contributed by atoms with E-state index in [1.165, 1.54) is 25.8 Å². The highest BCUT2D eigenvalue weighted by Crippen LogP contribution is 2.22. The Morgan fingerprint density at radius 1 is 1.24 bits per heavy atom. The van der Waals surface area contributed by atoms with E-state index in [0.717, 1.165) is 24.5 Å². The predicted octanol–water partition coefficient (Wildman–Crippen LogP) is 3.27. The summed E-state index contributed by atoms with van der Waals surface area (Å²) >= 11 is 0. The van der Waals surface area contributed by atoms with Crippen molar-refractivity contribution >= 4 is 0 Å². The van der Waals surface area contributed by atoms with Crippen molar-refractivity contribution in [3.05, 3.63) is 0 Å². The van der Waals surface area contributed by atoms with Gasteiger partial charge in [0.1, 0.15) is 0 Å². The fraction of sp³-hybridized carbons (Fsp3) is 1.00. The van der Waals surface area contributed by atoms with Gasteiger partial charge in [0, 0.05) is 30.7 Å². The van der Waals surface area contributed by atoms with Crippen LogP contribution in [0.15, 0.2) is 0 Å². The predicted molar refractivity (Wildman–Crippen MR) is 76.4 cm³/mol. The largest absolute Gasteiger partial charge is 0.309 e. The molecule has 2 nitrogen and oxygen atoms in total. The molecule has 0 saturated carbocycles. The molecule has 1 fully saturated rings. The van der Waals surface area contributed by atoms with Gasteiger partial charge < -0.3 is 5.32 Å². The van der Waals surface area contributed by atoms with Crippen LogP contribution in [0.5, 0.6) is 0 Å². The van der Waals surface area contributed by atoms with Gasteiger partial charge in [-0.15, -0.1) is 0 Å². The first-order valence-electron chi connectivity index (χ1n) is 7.36. The van der Waals surface area contributed by atoms with Crippen LogP contribution in [0, 0.1) is 5.92 Å². The van der Waals surface area contributed by atoms with E-state index in [2.05, 4.69) is 51.8 Å². The van der Waals surface area contributed by atoms with Crippen molar-refractivity contribution < 1.29 is 0 Å². The monoisotopic (exact) mass is 240 g/mol. The van der Waals surface area contributed by atoms with E-state index in [9.17, 15) is 0 Å². The van der Waals surface area contributed by atoms with E-state index in [4.69, 9.17) is 0 Å². The van der Waals surface area contributed by atoms with Gasteiger partial charge in [-0.1, -0.05) is 20.8 Å². The van der Waals surface area contributed by atoms with Crippen molar-refractivity contribution in [2.75, 3.05) is 13.1 Å². The maximum Gasteiger partial charge on any atom is 0.0253 e. The Morgan fingerprint density at radius 2 is 1.88 bits per heavy atom. The first kappa shape index (κ1) is 15.0. The van der Waals surface area contributed by atoms with Gasteiger partial charge in [0.15, 0.2) is 0 Å². The molecule has 1 heterocycles. The standard InChI is InChI=1S/C15H32N2/c1-7-14-10-16-15(5,6)11-17(14)13(4)9-8-12(2)3/h12-14,16H,7-11H2,1-6H3. The van der Waals surface area contributed by atoms with Crippen molar-refractivity contribution in [1.29, 1.82) is 0 Å². The van der Waals surface area contributed by atoms with Crippen LogP contribution >= 0.6 is 0 Å². The lowest BCUT2D eigenvalue weighted by molar-refractivity contribution is 0.0531. The molecule has 1 rings (SSSR count). The van der Waals surface area contributed by atoms with E-state index < -0.39 is 0 Å². The zero-order chi connectivity index (χ0) is 13.1. The Kier molecular flexibility index (Phi) is 5.46. The highest BCUT2D eigenvalue weighted by atomic mass is 15.3. The zero-order valence-electron chi connectivity index (χ0n) is 12.7.